The fourth-order valence-electron chi connectivity index (χ4n) is 1.92. The van der Waals surface area contributed by atoms with Crippen molar-refractivity contribution in [3.05, 3.63) is 29.8 Å². The molecule has 1 aliphatic heterocycles. The molecule has 0 bridgehead atoms. The fourth-order valence-corrected chi connectivity index (χ4v) is 3.14. The number of nitrogens with one attached hydrogen (secondary N) is 1. The first-order valence-electron chi connectivity index (χ1n) is 6.01. The van der Waals surface area contributed by atoms with E-state index in [1.54, 1.807) is 11.8 Å². The normalized spacial score (nSPS) is 17.5. The maximum Gasteiger partial charge on any atom is 0.228 e. The quantitative estimate of drug-likeness (QED) is 0.755. The van der Waals surface area contributed by atoms with E-state index in [2.05, 4.69) is 11.4 Å². The zero-order valence-corrected chi connectivity index (χ0v) is 10.9. The lowest BCUT2D eigenvalue weighted by Crippen LogP contribution is -2.32. The number of rotatable bonds is 6. The van der Waals surface area contributed by atoms with E-state index in [1.165, 1.54) is 4.90 Å². The predicted molar refractivity (Wildman–Crippen MR) is 70.8 cm³/mol. The van der Waals surface area contributed by atoms with Gasteiger partial charge in [-0.05, 0) is 11.6 Å². The van der Waals surface area contributed by atoms with Gasteiger partial charge in [-0.3, -0.25) is 4.79 Å². The Morgan fingerprint density at radius 2 is 2.28 bits per heavy atom. The van der Waals surface area contributed by atoms with Crippen LogP contribution in [0.2, 0.25) is 0 Å². The van der Waals surface area contributed by atoms with Crippen LogP contribution >= 0.6 is 11.8 Å². The largest absolute Gasteiger partial charge is 0.394 e. The lowest BCUT2D eigenvalue weighted by molar-refractivity contribution is -0.122. The molecule has 0 saturated heterocycles. The van der Waals surface area contributed by atoms with Crippen molar-refractivity contribution in [2.24, 2.45) is 0 Å². The summed E-state index contributed by atoms with van der Waals surface area (Å²) in [5, 5.41) is 11.4. The molecular formula is C13H17NO3S. The summed E-state index contributed by atoms with van der Waals surface area (Å²) in [5.41, 5.74) is 1.12. The molecule has 0 spiro atoms. The molecule has 1 heterocycles. The van der Waals surface area contributed by atoms with Gasteiger partial charge in [0.1, 0.15) is 0 Å². The van der Waals surface area contributed by atoms with E-state index >= 15 is 0 Å². The first kappa shape index (κ1) is 13.4. The Hall–Kier alpha value is -1.04. The molecule has 0 saturated carbocycles. The maximum absolute atomic E-state index is 12.0. The highest BCUT2D eigenvalue weighted by atomic mass is 32.2. The van der Waals surface area contributed by atoms with Crippen molar-refractivity contribution < 1.29 is 14.6 Å². The van der Waals surface area contributed by atoms with Crippen LogP contribution < -0.4 is 5.32 Å². The van der Waals surface area contributed by atoms with Crippen LogP contribution in [0.4, 0.5) is 0 Å². The Morgan fingerprint density at radius 1 is 1.44 bits per heavy atom. The third-order valence-electron chi connectivity index (χ3n) is 2.80. The second kappa shape index (κ2) is 6.78. The van der Waals surface area contributed by atoms with Crippen molar-refractivity contribution in [3.63, 3.8) is 0 Å². The lowest BCUT2D eigenvalue weighted by atomic mass is 10.0. The second-order valence-corrected chi connectivity index (χ2v) is 5.09. The van der Waals surface area contributed by atoms with Crippen molar-refractivity contribution in [2.75, 3.05) is 32.1 Å². The van der Waals surface area contributed by atoms with Crippen LogP contribution in [-0.2, 0) is 9.53 Å². The van der Waals surface area contributed by atoms with E-state index in [9.17, 15) is 4.79 Å². The van der Waals surface area contributed by atoms with E-state index in [0.717, 1.165) is 11.3 Å². The van der Waals surface area contributed by atoms with Crippen LogP contribution in [0.15, 0.2) is 29.2 Å². The molecular weight excluding hydrogens is 250 g/mol. The molecule has 2 N–H and O–H groups in total. The highest BCUT2D eigenvalue weighted by Crippen LogP contribution is 2.39. The Bertz CT molecular complexity index is 411. The fraction of sp³-hybridized carbons (Fsp3) is 0.462. The molecule has 2 rings (SSSR count). The Kier molecular flexibility index (Phi) is 5.04. The third kappa shape index (κ3) is 3.25. The summed E-state index contributed by atoms with van der Waals surface area (Å²) in [6.45, 7) is 1.26. The molecule has 1 unspecified atom stereocenters. The molecule has 4 nitrogen and oxygen atoms in total. The number of carbonyl (C=O) groups excluding carboxylic acids is 1. The van der Waals surface area contributed by atoms with E-state index < -0.39 is 0 Å². The summed E-state index contributed by atoms with van der Waals surface area (Å²) in [7, 11) is 0. The summed E-state index contributed by atoms with van der Waals surface area (Å²) in [6.07, 6.45) is 0. The molecule has 0 aromatic heterocycles. The van der Waals surface area contributed by atoms with Gasteiger partial charge in [-0.15, -0.1) is 11.8 Å². The van der Waals surface area contributed by atoms with Crippen LogP contribution in [0.5, 0.6) is 0 Å². The average molecular weight is 267 g/mol. The molecule has 5 heteroatoms. The summed E-state index contributed by atoms with van der Waals surface area (Å²) in [5.74, 6) is 0.812. The number of aliphatic hydroxyl groups is 1. The number of hydrogen-bond acceptors (Lipinski definition) is 4. The van der Waals surface area contributed by atoms with Crippen LogP contribution in [0, 0.1) is 0 Å². The minimum atomic E-state index is -0.0518. The first-order valence-corrected chi connectivity index (χ1v) is 6.99. The topological polar surface area (TPSA) is 58.6 Å². The van der Waals surface area contributed by atoms with Crippen LogP contribution in [0.3, 0.4) is 0 Å². The van der Waals surface area contributed by atoms with Gasteiger partial charge in [-0.2, -0.15) is 0 Å². The molecule has 1 aliphatic rings. The molecule has 0 aliphatic carbocycles. The van der Waals surface area contributed by atoms with E-state index in [0.29, 0.717) is 19.8 Å². The number of benzene rings is 1. The van der Waals surface area contributed by atoms with Gasteiger partial charge in [0, 0.05) is 17.2 Å². The molecule has 1 aromatic carbocycles. The van der Waals surface area contributed by atoms with Crippen molar-refractivity contribution in [2.45, 2.75) is 10.8 Å². The van der Waals surface area contributed by atoms with Gasteiger partial charge < -0.3 is 15.2 Å². The number of thioether (sulfide) groups is 1. The monoisotopic (exact) mass is 267 g/mol. The van der Waals surface area contributed by atoms with Crippen molar-refractivity contribution in [3.8, 4) is 0 Å². The predicted octanol–water partition coefficient (Wildman–Crippen LogP) is 1.00. The second-order valence-electron chi connectivity index (χ2n) is 4.03. The zero-order valence-electron chi connectivity index (χ0n) is 10.1. The third-order valence-corrected chi connectivity index (χ3v) is 3.98. The number of carbonyl (C=O) groups is 1. The van der Waals surface area contributed by atoms with Crippen LogP contribution in [-0.4, -0.2) is 43.1 Å². The minimum absolute atomic E-state index is 0.0145. The number of hydrogen-bond donors (Lipinski definition) is 2. The summed E-state index contributed by atoms with van der Waals surface area (Å²) in [6, 6.07) is 8.03. The maximum atomic E-state index is 12.0. The van der Waals surface area contributed by atoms with Gasteiger partial charge in [0.15, 0.2) is 0 Å². The van der Waals surface area contributed by atoms with Gasteiger partial charge in [0.2, 0.25) is 5.91 Å². The van der Waals surface area contributed by atoms with Crippen molar-refractivity contribution in [1.29, 1.82) is 0 Å². The molecule has 0 radical (unpaired) electrons. The minimum Gasteiger partial charge on any atom is -0.394 e. The summed E-state index contributed by atoms with van der Waals surface area (Å²) >= 11 is 1.73. The van der Waals surface area contributed by atoms with Gasteiger partial charge in [0.25, 0.3) is 0 Å². The highest BCUT2D eigenvalue weighted by Gasteiger charge is 2.28. The molecule has 1 aromatic rings. The molecule has 0 fully saturated rings. The van der Waals surface area contributed by atoms with E-state index in [4.69, 9.17) is 9.84 Å². The molecule has 98 valence electrons. The van der Waals surface area contributed by atoms with Gasteiger partial charge in [-0.25, -0.2) is 0 Å². The van der Waals surface area contributed by atoms with Gasteiger partial charge in [0.05, 0.1) is 25.7 Å². The molecule has 1 atom stereocenters. The summed E-state index contributed by atoms with van der Waals surface area (Å²) < 4.78 is 5.10. The van der Waals surface area contributed by atoms with E-state index in [1.807, 2.05) is 18.2 Å². The Morgan fingerprint density at radius 3 is 3.11 bits per heavy atom. The van der Waals surface area contributed by atoms with E-state index in [-0.39, 0.29) is 18.4 Å². The Balaban J connectivity index is 1.80. The van der Waals surface area contributed by atoms with Gasteiger partial charge in [-0.1, -0.05) is 18.2 Å². The van der Waals surface area contributed by atoms with Crippen molar-refractivity contribution in [1.82, 2.24) is 5.32 Å². The van der Waals surface area contributed by atoms with Crippen LogP contribution in [0.25, 0.3) is 0 Å². The number of aliphatic hydroxyl groups excluding tert-OH is 1. The Labute approximate surface area is 111 Å². The SMILES string of the molecule is O=C(NCCOCCO)C1CSc2ccccc21. The number of fused-ring (bicyclic) bond motifs is 1. The first-order chi connectivity index (χ1) is 8.83. The lowest BCUT2D eigenvalue weighted by Gasteiger charge is -2.11. The van der Waals surface area contributed by atoms with Crippen LogP contribution in [0.1, 0.15) is 11.5 Å². The molecule has 1 amide bonds. The van der Waals surface area contributed by atoms with Crippen molar-refractivity contribution >= 4 is 17.7 Å². The highest BCUT2D eigenvalue weighted by molar-refractivity contribution is 7.99. The number of amides is 1. The standard InChI is InChI=1S/C13H17NO3S/c15-6-8-17-7-5-14-13(16)11-9-18-12-4-2-1-3-10(11)12/h1-4,11,15H,5-9H2,(H,14,16). The smallest absolute Gasteiger partial charge is 0.228 e. The van der Waals surface area contributed by atoms with Gasteiger partial charge >= 0.3 is 0 Å². The number of ether oxygens (including phenoxy) is 1. The molecule has 18 heavy (non-hydrogen) atoms. The summed E-state index contributed by atoms with van der Waals surface area (Å²) in [4.78, 5) is 13.2. The zero-order chi connectivity index (χ0) is 12.8. The average Bonchev–Trinajstić information content (AvgIpc) is 2.82.